The summed E-state index contributed by atoms with van der Waals surface area (Å²) in [5.74, 6) is -0.590. The number of halogens is 1. The molecule has 1 aromatic heterocycles. The fraction of sp³-hybridized carbons (Fsp3) is 0.0588. The van der Waals surface area contributed by atoms with Crippen molar-refractivity contribution in [3.63, 3.8) is 0 Å². The van der Waals surface area contributed by atoms with Crippen molar-refractivity contribution >= 4 is 34.7 Å². The Balaban J connectivity index is 1.83. The van der Waals surface area contributed by atoms with Crippen LogP contribution in [0.4, 0.5) is 10.1 Å². The molecule has 0 aliphatic rings. The number of carbonyl (C=O) groups is 1. The Labute approximate surface area is 141 Å². The highest BCUT2D eigenvalue weighted by Crippen LogP contribution is 2.29. The number of thioether (sulfide) groups is 1. The first-order valence-corrected chi connectivity index (χ1v) is 8.88. The van der Waals surface area contributed by atoms with Gasteiger partial charge in [0.1, 0.15) is 15.7 Å². The van der Waals surface area contributed by atoms with Crippen molar-refractivity contribution in [1.82, 2.24) is 4.98 Å². The molecule has 0 atom stereocenters. The van der Waals surface area contributed by atoms with Crippen molar-refractivity contribution in [2.24, 2.45) is 0 Å². The van der Waals surface area contributed by atoms with Crippen LogP contribution >= 0.6 is 23.1 Å². The molecule has 1 heterocycles. The molecule has 0 aliphatic heterocycles. The lowest BCUT2D eigenvalue weighted by Gasteiger charge is -2.07. The minimum Gasteiger partial charge on any atom is -0.320 e. The summed E-state index contributed by atoms with van der Waals surface area (Å²) in [5, 5.41) is 3.37. The molecule has 3 rings (SSSR count). The topological polar surface area (TPSA) is 42.0 Å². The molecule has 23 heavy (non-hydrogen) atoms. The summed E-state index contributed by atoms with van der Waals surface area (Å²) in [7, 11) is 0. The van der Waals surface area contributed by atoms with Crippen LogP contribution in [-0.4, -0.2) is 17.1 Å². The van der Waals surface area contributed by atoms with Gasteiger partial charge in [-0.15, -0.1) is 23.1 Å². The van der Waals surface area contributed by atoms with E-state index in [4.69, 9.17) is 0 Å². The molecule has 1 N–H and O–H groups in total. The molecular formula is C17H13FN2OS2. The van der Waals surface area contributed by atoms with Crippen LogP contribution in [0.15, 0.2) is 59.6 Å². The van der Waals surface area contributed by atoms with E-state index in [0.29, 0.717) is 15.4 Å². The highest BCUT2D eigenvalue weighted by atomic mass is 32.2. The van der Waals surface area contributed by atoms with Crippen molar-refractivity contribution in [1.29, 1.82) is 0 Å². The minimum absolute atomic E-state index is 0.244. The molecule has 0 bridgehead atoms. The van der Waals surface area contributed by atoms with Crippen LogP contribution in [0.3, 0.4) is 0 Å². The first-order valence-electron chi connectivity index (χ1n) is 6.84. The van der Waals surface area contributed by atoms with E-state index in [1.807, 2.05) is 30.5 Å². The maximum absolute atomic E-state index is 13.8. The summed E-state index contributed by atoms with van der Waals surface area (Å²) in [6.45, 7) is 0. The highest BCUT2D eigenvalue weighted by molar-refractivity contribution is 7.98. The Morgan fingerprint density at radius 2 is 1.91 bits per heavy atom. The average Bonchev–Trinajstić information content (AvgIpc) is 3.05. The number of benzene rings is 2. The number of carbonyl (C=O) groups excluding carboxylic acids is 1. The van der Waals surface area contributed by atoms with Crippen LogP contribution in [0, 0.1) is 5.82 Å². The van der Waals surface area contributed by atoms with Crippen molar-refractivity contribution in [2.45, 2.75) is 4.90 Å². The molecule has 0 spiro atoms. The number of hydrogen-bond acceptors (Lipinski definition) is 4. The maximum Gasteiger partial charge on any atom is 0.267 e. The zero-order valence-corrected chi connectivity index (χ0v) is 13.9. The van der Waals surface area contributed by atoms with Crippen LogP contribution < -0.4 is 5.32 Å². The summed E-state index contributed by atoms with van der Waals surface area (Å²) in [4.78, 5) is 18.0. The number of hydrogen-bond donors (Lipinski definition) is 1. The molecule has 3 aromatic rings. The van der Waals surface area contributed by atoms with Crippen molar-refractivity contribution < 1.29 is 9.18 Å². The molecule has 0 aliphatic carbocycles. The molecule has 0 saturated heterocycles. The first-order chi connectivity index (χ1) is 11.2. The van der Waals surface area contributed by atoms with E-state index in [-0.39, 0.29) is 11.7 Å². The van der Waals surface area contributed by atoms with E-state index in [2.05, 4.69) is 10.3 Å². The number of thiazole rings is 1. The van der Waals surface area contributed by atoms with Crippen LogP contribution in [0.5, 0.6) is 0 Å². The van der Waals surface area contributed by atoms with E-state index in [9.17, 15) is 9.18 Å². The van der Waals surface area contributed by atoms with Gasteiger partial charge in [0.25, 0.3) is 5.91 Å². The predicted molar refractivity (Wildman–Crippen MR) is 93.7 cm³/mol. The summed E-state index contributed by atoms with van der Waals surface area (Å²) in [6.07, 6.45) is 3.43. The molecular weight excluding hydrogens is 331 g/mol. The number of anilines is 1. The van der Waals surface area contributed by atoms with Gasteiger partial charge in [-0.05, 0) is 30.5 Å². The molecule has 0 saturated carbocycles. The number of para-hydroxylation sites is 1. The van der Waals surface area contributed by atoms with E-state index in [1.165, 1.54) is 23.6 Å². The second-order valence-electron chi connectivity index (χ2n) is 4.66. The molecule has 6 heteroatoms. The number of amides is 1. The largest absolute Gasteiger partial charge is 0.320 e. The van der Waals surface area contributed by atoms with Gasteiger partial charge in [0.05, 0.1) is 11.9 Å². The van der Waals surface area contributed by atoms with Gasteiger partial charge < -0.3 is 5.32 Å². The van der Waals surface area contributed by atoms with E-state index in [1.54, 1.807) is 30.0 Å². The smallest absolute Gasteiger partial charge is 0.267 e. The van der Waals surface area contributed by atoms with Crippen LogP contribution in [-0.2, 0) is 0 Å². The third-order valence-corrected chi connectivity index (χ3v) is 5.01. The molecule has 0 unspecified atom stereocenters. The van der Waals surface area contributed by atoms with Gasteiger partial charge >= 0.3 is 0 Å². The minimum atomic E-state index is -0.346. The molecule has 0 fully saturated rings. The van der Waals surface area contributed by atoms with E-state index < -0.39 is 0 Å². The van der Waals surface area contributed by atoms with Crippen molar-refractivity contribution in [3.05, 3.63) is 65.4 Å². The predicted octanol–water partition coefficient (Wildman–Crippen LogP) is 4.92. The van der Waals surface area contributed by atoms with E-state index in [0.717, 1.165) is 10.6 Å². The second-order valence-corrected chi connectivity index (χ2v) is 6.54. The molecule has 2 aromatic carbocycles. The third-order valence-electron chi connectivity index (χ3n) is 3.19. The van der Waals surface area contributed by atoms with Gasteiger partial charge in [-0.2, -0.15) is 0 Å². The number of rotatable bonds is 4. The lowest BCUT2D eigenvalue weighted by Crippen LogP contribution is -2.10. The summed E-state index contributed by atoms with van der Waals surface area (Å²) in [5.41, 5.74) is 1.16. The fourth-order valence-corrected chi connectivity index (χ4v) is 3.46. The fourth-order valence-electron chi connectivity index (χ4n) is 2.07. The third kappa shape index (κ3) is 3.43. The standard InChI is InChI=1S/C17H13FN2OS2/c1-22-14-9-5-4-8-13(14)20-16(21)15-10-19-17(23-15)11-6-2-3-7-12(11)18/h2-10H,1H3,(H,20,21). The lowest BCUT2D eigenvalue weighted by atomic mass is 10.2. The lowest BCUT2D eigenvalue weighted by molar-refractivity contribution is 0.103. The van der Waals surface area contributed by atoms with Crippen LogP contribution in [0.1, 0.15) is 9.67 Å². The highest BCUT2D eigenvalue weighted by Gasteiger charge is 2.15. The SMILES string of the molecule is CSc1ccccc1NC(=O)c1cnc(-c2ccccc2F)s1. The van der Waals surface area contributed by atoms with Gasteiger partial charge in [0.2, 0.25) is 0 Å². The quantitative estimate of drug-likeness (QED) is 0.683. The Morgan fingerprint density at radius 3 is 2.70 bits per heavy atom. The Kier molecular flexibility index (Phi) is 4.73. The molecule has 116 valence electrons. The summed E-state index contributed by atoms with van der Waals surface area (Å²) in [6, 6.07) is 14.0. The maximum atomic E-state index is 13.8. The molecule has 3 nitrogen and oxygen atoms in total. The van der Waals surface area contributed by atoms with Gasteiger partial charge in [0, 0.05) is 10.5 Å². The number of aromatic nitrogens is 1. The van der Waals surface area contributed by atoms with Crippen LogP contribution in [0.25, 0.3) is 10.6 Å². The Hall–Kier alpha value is -2.18. The van der Waals surface area contributed by atoms with Gasteiger partial charge in [-0.1, -0.05) is 24.3 Å². The zero-order valence-electron chi connectivity index (χ0n) is 12.2. The second kappa shape index (κ2) is 6.93. The van der Waals surface area contributed by atoms with Crippen molar-refractivity contribution in [3.8, 4) is 10.6 Å². The summed E-state index contributed by atoms with van der Waals surface area (Å²) < 4.78 is 13.8. The van der Waals surface area contributed by atoms with Gasteiger partial charge in [-0.3, -0.25) is 4.79 Å². The van der Waals surface area contributed by atoms with Gasteiger partial charge in [0.15, 0.2) is 0 Å². The van der Waals surface area contributed by atoms with E-state index >= 15 is 0 Å². The Bertz CT molecular complexity index is 848. The molecule has 0 radical (unpaired) electrons. The zero-order chi connectivity index (χ0) is 16.2. The Morgan fingerprint density at radius 1 is 1.17 bits per heavy atom. The molecule has 1 amide bonds. The van der Waals surface area contributed by atoms with Crippen molar-refractivity contribution in [2.75, 3.05) is 11.6 Å². The monoisotopic (exact) mass is 344 g/mol. The summed E-state index contributed by atoms with van der Waals surface area (Å²) >= 11 is 2.73. The normalized spacial score (nSPS) is 10.5. The average molecular weight is 344 g/mol. The first kappa shape index (κ1) is 15.7. The van der Waals surface area contributed by atoms with Crippen LogP contribution in [0.2, 0.25) is 0 Å². The number of nitrogens with zero attached hydrogens (tertiary/aromatic N) is 1. The number of nitrogens with one attached hydrogen (secondary N) is 1. The van der Waals surface area contributed by atoms with Gasteiger partial charge in [-0.25, -0.2) is 9.37 Å².